The third kappa shape index (κ3) is 4.11. The van der Waals surface area contributed by atoms with Crippen molar-refractivity contribution in [2.75, 3.05) is 13.7 Å². The van der Waals surface area contributed by atoms with Crippen LogP contribution in [-0.2, 0) is 11.2 Å². The van der Waals surface area contributed by atoms with E-state index in [-0.39, 0.29) is 25.0 Å². The van der Waals surface area contributed by atoms with E-state index in [1.165, 1.54) is 11.0 Å². The number of amides is 1. The molecule has 0 aromatic carbocycles. The zero-order valence-corrected chi connectivity index (χ0v) is 10.1. The van der Waals surface area contributed by atoms with Crippen LogP contribution in [0.25, 0.3) is 0 Å². The molecule has 1 unspecified atom stereocenters. The molecule has 0 aliphatic rings. The Bertz CT molecular complexity index is 385. The van der Waals surface area contributed by atoms with Crippen molar-refractivity contribution in [1.29, 1.82) is 0 Å². The number of aromatic nitrogens is 1. The van der Waals surface area contributed by atoms with Gasteiger partial charge in [-0.3, -0.25) is 9.78 Å². The van der Waals surface area contributed by atoms with Gasteiger partial charge in [0, 0.05) is 19.7 Å². The standard InChI is InChI=1S/C12H17FN2O2/c1-9(8-16)15(2)12(17)4-3-10-5-11(13)7-14-6-10/h5-7,9,16H,3-4,8H2,1-2H3. The molecule has 1 rings (SSSR count). The second-order valence-corrected chi connectivity index (χ2v) is 4.05. The fourth-order valence-electron chi connectivity index (χ4n) is 1.39. The molecule has 1 atom stereocenters. The van der Waals surface area contributed by atoms with Crippen LogP contribution in [0.5, 0.6) is 0 Å². The topological polar surface area (TPSA) is 53.4 Å². The SMILES string of the molecule is CC(CO)N(C)C(=O)CCc1cncc(F)c1. The van der Waals surface area contributed by atoms with Crippen LogP contribution in [0.2, 0.25) is 0 Å². The first kappa shape index (κ1) is 13.6. The van der Waals surface area contributed by atoms with Crippen molar-refractivity contribution < 1.29 is 14.3 Å². The van der Waals surface area contributed by atoms with E-state index in [4.69, 9.17) is 5.11 Å². The number of rotatable bonds is 5. The number of hydrogen-bond donors (Lipinski definition) is 1. The summed E-state index contributed by atoms with van der Waals surface area (Å²) in [6, 6.07) is 1.17. The summed E-state index contributed by atoms with van der Waals surface area (Å²) < 4.78 is 12.8. The number of aliphatic hydroxyl groups excluding tert-OH is 1. The molecule has 0 aliphatic carbocycles. The van der Waals surface area contributed by atoms with Crippen LogP contribution < -0.4 is 0 Å². The monoisotopic (exact) mass is 240 g/mol. The number of halogens is 1. The lowest BCUT2D eigenvalue weighted by Crippen LogP contribution is -2.37. The highest BCUT2D eigenvalue weighted by Gasteiger charge is 2.14. The van der Waals surface area contributed by atoms with Crippen molar-refractivity contribution in [3.8, 4) is 0 Å². The van der Waals surface area contributed by atoms with Gasteiger partial charge >= 0.3 is 0 Å². The number of nitrogens with zero attached hydrogens (tertiary/aromatic N) is 2. The van der Waals surface area contributed by atoms with Crippen LogP contribution in [0.15, 0.2) is 18.5 Å². The Balaban J connectivity index is 2.48. The molecular formula is C12H17FN2O2. The average molecular weight is 240 g/mol. The number of carbonyl (C=O) groups is 1. The van der Waals surface area contributed by atoms with Crippen molar-refractivity contribution in [1.82, 2.24) is 9.88 Å². The van der Waals surface area contributed by atoms with E-state index < -0.39 is 5.82 Å². The van der Waals surface area contributed by atoms with Crippen molar-refractivity contribution in [2.24, 2.45) is 0 Å². The summed E-state index contributed by atoms with van der Waals surface area (Å²) in [4.78, 5) is 16.9. The van der Waals surface area contributed by atoms with E-state index in [0.717, 1.165) is 6.20 Å². The molecule has 1 aromatic heterocycles. The molecule has 0 saturated heterocycles. The Morgan fingerprint density at radius 1 is 1.59 bits per heavy atom. The van der Waals surface area contributed by atoms with E-state index in [2.05, 4.69) is 4.98 Å². The van der Waals surface area contributed by atoms with Gasteiger partial charge in [-0.1, -0.05) is 0 Å². The van der Waals surface area contributed by atoms with Gasteiger partial charge in [-0.15, -0.1) is 0 Å². The molecule has 17 heavy (non-hydrogen) atoms. The van der Waals surface area contributed by atoms with Crippen LogP contribution in [0, 0.1) is 5.82 Å². The predicted molar refractivity (Wildman–Crippen MR) is 61.8 cm³/mol. The van der Waals surface area contributed by atoms with E-state index in [0.29, 0.717) is 12.0 Å². The summed E-state index contributed by atoms with van der Waals surface area (Å²) in [6.45, 7) is 1.70. The van der Waals surface area contributed by atoms with Gasteiger partial charge < -0.3 is 10.0 Å². The maximum absolute atomic E-state index is 12.8. The smallest absolute Gasteiger partial charge is 0.222 e. The number of aryl methyl sites for hydroxylation is 1. The highest BCUT2D eigenvalue weighted by Crippen LogP contribution is 2.06. The van der Waals surface area contributed by atoms with Gasteiger partial charge in [0.15, 0.2) is 0 Å². The van der Waals surface area contributed by atoms with Crippen molar-refractivity contribution in [3.05, 3.63) is 29.8 Å². The molecule has 0 bridgehead atoms. The quantitative estimate of drug-likeness (QED) is 0.835. The number of hydrogen-bond acceptors (Lipinski definition) is 3. The lowest BCUT2D eigenvalue weighted by atomic mass is 10.1. The Hall–Kier alpha value is -1.49. The molecule has 1 aromatic rings. The van der Waals surface area contributed by atoms with Gasteiger partial charge in [0.25, 0.3) is 0 Å². The number of aliphatic hydroxyl groups is 1. The van der Waals surface area contributed by atoms with Crippen molar-refractivity contribution in [2.45, 2.75) is 25.8 Å². The molecule has 1 amide bonds. The molecule has 1 heterocycles. The van der Waals surface area contributed by atoms with Crippen LogP contribution in [0.1, 0.15) is 18.9 Å². The summed E-state index contributed by atoms with van der Waals surface area (Å²) in [6.07, 6.45) is 3.41. The zero-order valence-electron chi connectivity index (χ0n) is 10.1. The minimum Gasteiger partial charge on any atom is -0.394 e. The second kappa shape index (κ2) is 6.30. The highest BCUT2D eigenvalue weighted by molar-refractivity contribution is 5.76. The molecule has 0 spiro atoms. The van der Waals surface area contributed by atoms with Crippen LogP contribution >= 0.6 is 0 Å². The van der Waals surface area contributed by atoms with Crippen LogP contribution in [0.4, 0.5) is 4.39 Å². The van der Waals surface area contributed by atoms with Gasteiger partial charge in [0.1, 0.15) is 5.82 Å². The molecule has 94 valence electrons. The fourth-order valence-corrected chi connectivity index (χ4v) is 1.39. The average Bonchev–Trinajstić information content (AvgIpc) is 2.34. The summed E-state index contributed by atoms with van der Waals surface area (Å²) in [5.41, 5.74) is 0.698. The number of pyridine rings is 1. The number of carbonyl (C=O) groups excluding carboxylic acids is 1. The molecule has 0 fully saturated rings. The molecule has 5 heteroatoms. The largest absolute Gasteiger partial charge is 0.394 e. The number of likely N-dealkylation sites (N-methyl/N-ethyl adjacent to an activating group) is 1. The van der Waals surface area contributed by atoms with Crippen LogP contribution in [0.3, 0.4) is 0 Å². The van der Waals surface area contributed by atoms with E-state index in [9.17, 15) is 9.18 Å². The van der Waals surface area contributed by atoms with Gasteiger partial charge in [-0.25, -0.2) is 4.39 Å². The third-order valence-electron chi connectivity index (χ3n) is 2.71. The summed E-state index contributed by atoms with van der Waals surface area (Å²) in [5, 5.41) is 8.92. The zero-order chi connectivity index (χ0) is 12.8. The minimum absolute atomic E-state index is 0.0657. The summed E-state index contributed by atoms with van der Waals surface area (Å²) >= 11 is 0. The van der Waals surface area contributed by atoms with Gasteiger partial charge in [0.2, 0.25) is 5.91 Å². The normalized spacial score (nSPS) is 12.2. The Kier molecular flexibility index (Phi) is 5.03. The van der Waals surface area contributed by atoms with Gasteiger partial charge in [0.05, 0.1) is 18.8 Å². The minimum atomic E-state index is -0.396. The van der Waals surface area contributed by atoms with Crippen molar-refractivity contribution >= 4 is 5.91 Å². The highest BCUT2D eigenvalue weighted by atomic mass is 19.1. The summed E-state index contributed by atoms with van der Waals surface area (Å²) in [5.74, 6) is -0.470. The first-order chi connectivity index (χ1) is 8.04. The van der Waals surface area contributed by atoms with Crippen molar-refractivity contribution in [3.63, 3.8) is 0 Å². The summed E-state index contributed by atoms with van der Waals surface area (Å²) in [7, 11) is 1.65. The Labute approximate surface area is 100 Å². The first-order valence-electron chi connectivity index (χ1n) is 5.50. The lowest BCUT2D eigenvalue weighted by molar-refractivity contribution is -0.132. The Morgan fingerprint density at radius 2 is 2.29 bits per heavy atom. The molecule has 4 nitrogen and oxygen atoms in total. The van der Waals surface area contributed by atoms with Crippen LogP contribution in [-0.4, -0.2) is 40.6 Å². The second-order valence-electron chi connectivity index (χ2n) is 4.05. The van der Waals surface area contributed by atoms with Gasteiger partial charge in [-0.05, 0) is 25.0 Å². The van der Waals surface area contributed by atoms with Gasteiger partial charge in [-0.2, -0.15) is 0 Å². The fraction of sp³-hybridized carbons (Fsp3) is 0.500. The maximum atomic E-state index is 12.8. The maximum Gasteiger partial charge on any atom is 0.222 e. The predicted octanol–water partition coefficient (Wildman–Crippen LogP) is 0.992. The molecule has 0 radical (unpaired) electrons. The van der Waals surface area contributed by atoms with E-state index >= 15 is 0 Å². The molecule has 0 saturated carbocycles. The third-order valence-corrected chi connectivity index (χ3v) is 2.71. The molecule has 0 aliphatic heterocycles. The Morgan fingerprint density at radius 3 is 2.88 bits per heavy atom. The molecular weight excluding hydrogens is 223 g/mol. The first-order valence-corrected chi connectivity index (χ1v) is 5.50. The van der Waals surface area contributed by atoms with E-state index in [1.54, 1.807) is 20.2 Å². The van der Waals surface area contributed by atoms with E-state index in [1.807, 2.05) is 0 Å². The molecule has 1 N–H and O–H groups in total. The lowest BCUT2D eigenvalue weighted by Gasteiger charge is -2.23.